The minimum absolute atomic E-state index is 0.126. The van der Waals surface area contributed by atoms with Gasteiger partial charge in [-0.3, -0.25) is 4.79 Å². The fourth-order valence-electron chi connectivity index (χ4n) is 4.19. The lowest BCUT2D eigenvalue weighted by molar-refractivity contribution is 0.481. The minimum atomic E-state index is -0.201. The van der Waals surface area contributed by atoms with Crippen LogP contribution in [0.25, 0.3) is 22.1 Å². The number of nitrogens with two attached hydrogens (primary N) is 1. The summed E-state index contributed by atoms with van der Waals surface area (Å²) in [4.78, 5) is 24.6. The van der Waals surface area contributed by atoms with Gasteiger partial charge < -0.3 is 19.6 Å². The van der Waals surface area contributed by atoms with Gasteiger partial charge in [0, 0.05) is 25.7 Å². The van der Waals surface area contributed by atoms with E-state index >= 15 is 0 Å². The predicted octanol–water partition coefficient (Wildman–Crippen LogP) is 2.04. The van der Waals surface area contributed by atoms with Crippen molar-refractivity contribution in [2.45, 2.75) is 45.8 Å². The zero-order valence-electron chi connectivity index (χ0n) is 17.2. The quantitative estimate of drug-likeness (QED) is 0.551. The van der Waals surface area contributed by atoms with Crippen LogP contribution in [0.15, 0.2) is 33.6 Å². The maximum atomic E-state index is 13.3. The first-order valence-electron chi connectivity index (χ1n) is 10.4. The van der Waals surface area contributed by atoms with Crippen LogP contribution in [0.2, 0.25) is 0 Å². The zero-order chi connectivity index (χ0) is 20.8. The molecule has 9 nitrogen and oxygen atoms in total. The second-order valence-electron chi connectivity index (χ2n) is 7.92. The summed E-state index contributed by atoms with van der Waals surface area (Å²) in [5.74, 6) is 1.24. The summed E-state index contributed by atoms with van der Waals surface area (Å²) >= 11 is 0. The Morgan fingerprint density at radius 2 is 2.13 bits per heavy atom. The third-order valence-electron chi connectivity index (χ3n) is 5.66. The van der Waals surface area contributed by atoms with Gasteiger partial charge in [0.05, 0.1) is 6.20 Å². The van der Waals surface area contributed by atoms with Crippen molar-refractivity contribution >= 4 is 28.1 Å². The first-order valence-corrected chi connectivity index (χ1v) is 10.4. The fraction of sp³-hybridized carbons (Fsp3) is 0.429. The van der Waals surface area contributed by atoms with Crippen LogP contribution in [0.1, 0.15) is 31.2 Å². The Morgan fingerprint density at radius 1 is 1.27 bits per heavy atom. The van der Waals surface area contributed by atoms with Crippen molar-refractivity contribution in [2.24, 2.45) is 5.73 Å². The van der Waals surface area contributed by atoms with Crippen molar-refractivity contribution in [3.05, 3.63) is 46.2 Å². The zero-order valence-corrected chi connectivity index (χ0v) is 17.2. The molecule has 5 rings (SSSR count). The number of benzene rings is 1. The van der Waals surface area contributed by atoms with Crippen molar-refractivity contribution < 1.29 is 4.42 Å². The van der Waals surface area contributed by atoms with Gasteiger partial charge in [-0.05, 0) is 44.4 Å². The van der Waals surface area contributed by atoms with Gasteiger partial charge in [0.1, 0.15) is 23.1 Å². The summed E-state index contributed by atoms with van der Waals surface area (Å²) in [5.41, 5.74) is 9.68. The van der Waals surface area contributed by atoms with Crippen LogP contribution >= 0.6 is 0 Å². The van der Waals surface area contributed by atoms with Crippen molar-refractivity contribution in [3.63, 3.8) is 0 Å². The van der Waals surface area contributed by atoms with Crippen LogP contribution in [0.3, 0.4) is 0 Å². The molecule has 1 aromatic carbocycles. The Morgan fingerprint density at radius 3 is 2.93 bits per heavy atom. The Labute approximate surface area is 173 Å². The highest BCUT2D eigenvalue weighted by Gasteiger charge is 2.24. The molecule has 2 N–H and O–H groups in total. The maximum Gasteiger partial charge on any atom is 0.293 e. The van der Waals surface area contributed by atoms with Gasteiger partial charge >= 0.3 is 0 Å². The van der Waals surface area contributed by atoms with Gasteiger partial charge in [-0.15, -0.1) is 0 Å². The van der Waals surface area contributed by atoms with Gasteiger partial charge in [-0.25, -0.2) is 14.6 Å². The number of hydrogen-bond donors (Lipinski definition) is 1. The number of fused-ring (bicyclic) bond motifs is 2. The molecule has 9 heteroatoms. The summed E-state index contributed by atoms with van der Waals surface area (Å²) in [5, 5.41) is 4.32. The number of hydrogen-bond acceptors (Lipinski definition) is 7. The van der Waals surface area contributed by atoms with E-state index in [1.165, 1.54) is 4.68 Å². The Hall–Kier alpha value is -3.20. The van der Waals surface area contributed by atoms with E-state index in [1.54, 1.807) is 6.20 Å². The van der Waals surface area contributed by atoms with Crippen LogP contribution in [-0.4, -0.2) is 43.4 Å². The van der Waals surface area contributed by atoms with Crippen molar-refractivity contribution in [3.8, 4) is 0 Å². The molecule has 0 bridgehead atoms. The number of oxazole rings is 1. The molecular weight excluding hydrogens is 382 g/mol. The molecule has 0 unspecified atom stereocenters. The summed E-state index contributed by atoms with van der Waals surface area (Å²) in [6.45, 7) is 6.46. The Bertz CT molecular complexity index is 1290. The molecule has 0 radical (unpaired) electrons. The maximum absolute atomic E-state index is 13.3. The van der Waals surface area contributed by atoms with E-state index in [-0.39, 0.29) is 18.1 Å². The summed E-state index contributed by atoms with van der Waals surface area (Å²) in [7, 11) is 0. The van der Waals surface area contributed by atoms with Crippen LogP contribution in [0.5, 0.6) is 0 Å². The summed E-state index contributed by atoms with van der Waals surface area (Å²) in [6, 6.07) is 5.96. The highest BCUT2D eigenvalue weighted by atomic mass is 16.3. The Balaban J connectivity index is 1.55. The second kappa shape index (κ2) is 7.24. The molecule has 156 valence electrons. The Kier molecular flexibility index (Phi) is 4.54. The molecule has 1 saturated heterocycles. The smallest absolute Gasteiger partial charge is 0.293 e. The molecule has 0 aliphatic carbocycles. The number of rotatable bonds is 4. The molecule has 4 heterocycles. The van der Waals surface area contributed by atoms with E-state index in [9.17, 15) is 4.79 Å². The molecule has 30 heavy (non-hydrogen) atoms. The summed E-state index contributed by atoms with van der Waals surface area (Å²) in [6.07, 6.45) is 3.68. The number of aromatic nitrogens is 5. The highest BCUT2D eigenvalue weighted by molar-refractivity contribution is 5.77. The van der Waals surface area contributed by atoms with Crippen LogP contribution in [0, 0.1) is 6.92 Å². The molecule has 1 atom stereocenters. The van der Waals surface area contributed by atoms with Crippen molar-refractivity contribution in [2.75, 3.05) is 18.0 Å². The lowest BCUT2D eigenvalue weighted by Gasteiger charge is -2.31. The molecule has 1 fully saturated rings. The molecule has 1 aliphatic rings. The number of piperidine rings is 1. The van der Waals surface area contributed by atoms with Gasteiger partial charge in [0.2, 0.25) is 11.8 Å². The fourth-order valence-corrected chi connectivity index (χ4v) is 4.19. The highest BCUT2D eigenvalue weighted by Crippen LogP contribution is 2.23. The predicted molar refractivity (Wildman–Crippen MR) is 115 cm³/mol. The topological polar surface area (TPSA) is 108 Å². The lowest BCUT2D eigenvalue weighted by atomic mass is 10.1. The van der Waals surface area contributed by atoms with Gasteiger partial charge in [-0.1, -0.05) is 6.07 Å². The van der Waals surface area contributed by atoms with Crippen LogP contribution < -0.4 is 16.2 Å². The van der Waals surface area contributed by atoms with E-state index in [4.69, 9.17) is 15.1 Å². The van der Waals surface area contributed by atoms with Gasteiger partial charge in [0.25, 0.3) is 5.56 Å². The molecular formula is C21H25N7O2. The van der Waals surface area contributed by atoms with Crippen molar-refractivity contribution in [1.82, 2.24) is 24.3 Å². The molecule has 0 spiro atoms. The average molecular weight is 407 g/mol. The number of aryl methyl sites for hydroxylation is 2. The normalized spacial score (nSPS) is 17.3. The van der Waals surface area contributed by atoms with Crippen LogP contribution in [0.4, 0.5) is 5.95 Å². The SMILES string of the molecule is CCn1c(N2CCC[C@@H](N)C2)nc2cnn(Cc3nc4ccc(C)cc4o3)c(=O)c21. The summed E-state index contributed by atoms with van der Waals surface area (Å²) < 4.78 is 9.18. The number of nitrogens with zero attached hydrogens (tertiary/aromatic N) is 6. The van der Waals surface area contributed by atoms with E-state index < -0.39 is 0 Å². The second-order valence-corrected chi connectivity index (χ2v) is 7.92. The number of anilines is 1. The van der Waals surface area contributed by atoms with E-state index in [2.05, 4.69) is 15.0 Å². The largest absolute Gasteiger partial charge is 0.439 e. The first-order chi connectivity index (χ1) is 14.5. The molecule has 4 aromatic rings. The lowest BCUT2D eigenvalue weighted by Crippen LogP contribution is -2.44. The minimum Gasteiger partial charge on any atom is -0.439 e. The van der Waals surface area contributed by atoms with Gasteiger partial charge in [-0.2, -0.15) is 5.10 Å². The molecule has 1 aliphatic heterocycles. The third kappa shape index (κ3) is 3.15. The molecule has 3 aromatic heterocycles. The number of imidazole rings is 1. The third-order valence-corrected chi connectivity index (χ3v) is 5.66. The first kappa shape index (κ1) is 18.8. The van der Waals surface area contributed by atoms with E-state index in [0.29, 0.717) is 29.1 Å². The standard InChI is InChI=1S/C21H25N7O2/c1-3-27-19-16(25-21(27)26-8-4-5-14(22)11-26)10-23-28(20(19)29)12-18-24-15-7-6-13(2)9-17(15)30-18/h6-7,9-10,14H,3-5,8,11-12,22H2,1-2H3/t14-/m1/s1. The van der Waals surface area contributed by atoms with Crippen molar-refractivity contribution in [1.29, 1.82) is 0 Å². The average Bonchev–Trinajstić information content (AvgIpc) is 3.30. The monoisotopic (exact) mass is 407 g/mol. The van der Waals surface area contributed by atoms with Crippen LogP contribution in [-0.2, 0) is 13.1 Å². The molecule has 0 saturated carbocycles. The van der Waals surface area contributed by atoms with E-state index in [1.807, 2.05) is 36.6 Å². The van der Waals surface area contributed by atoms with E-state index in [0.717, 1.165) is 43.0 Å². The van der Waals surface area contributed by atoms with Gasteiger partial charge in [0.15, 0.2) is 5.58 Å². The molecule has 0 amide bonds.